The van der Waals surface area contributed by atoms with Gasteiger partial charge >= 0.3 is 0 Å². The van der Waals surface area contributed by atoms with Crippen molar-refractivity contribution in [3.8, 4) is 22.2 Å². The van der Waals surface area contributed by atoms with Crippen LogP contribution < -0.4 is 10.6 Å². The van der Waals surface area contributed by atoms with Crippen LogP contribution in [-0.2, 0) is 22.6 Å². The minimum atomic E-state index is -0.226. The molecule has 30 heavy (non-hydrogen) atoms. The lowest BCUT2D eigenvalue weighted by atomic mass is 10.2. The van der Waals surface area contributed by atoms with Gasteiger partial charge in [0.1, 0.15) is 17.2 Å². The number of aryl methyl sites for hydroxylation is 1. The first kappa shape index (κ1) is 20.0. The molecule has 0 spiro atoms. The largest absolute Gasteiger partial charge is 0.458 e. The van der Waals surface area contributed by atoms with Crippen LogP contribution in [0.25, 0.3) is 22.2 Å². The summed E-state index contributed by atoms with van der Waals surface area (Å²) in [7, 11) is 0. The van der Waals surface area contributed by atoms with Crippen LogP contribution in [-0.4, -0.2) is 21.8 Å². The highest BCUT2D eigenvalue weighted by molar-refractivity contribution is 7.14. The Morgan fingerprint density at radius 1 is 1.13 bits per heavy atom. The summed E-state index contributed by atoms with van der Waals surface area (Å²) >= 11 is 2.83. The number of carbonyl (C=O) groups excluding carboxylic acids is 2. The van der Waals surface area contributed by atoms with E-state index in [1.165, 1.54) is 29.6 Å². The monoisotopic (exact) mass is 442 g/mol. The zero-order valence-corrected chi connectivity index (χ0v) is 17.9. The van der Waals surface area contributed by atoms with Crippen LogP contribution in [0.3, 0.4) is 0 Å². The summed E-state index contributed by atoms with van der Waals surface area (Å²) in [4.78, 5) is 33.2. The maximum Gasteiger partial charge on any atom is 0.236 e. The second-order valence-electron chi connectivity index (χ2n) is 6.44. The van der Waals surface area contributed by atoms with Crippen molar-refractivity contribution >= 4 is 39.6 Å². The molecule has 0 fully saturated rings. The van der Waals surface area contributed by atoms with E-state index in [0.29, 0.717) is 46.2 Å². The Bertz CT molecular complexity index is 1170. The molecule has 0 aliphatic rings. The van der Waals surface area contributed by atoms with Crippen LogP contribution in [0.1, 0.15) is 24.1 Å². The van der Waals surface area contributed by atoms with Gasteiger partial charge in [-0.25, -0.2) is 9.97 Å². The van der Waals surface area contributed by atoms with E-state index in [1.807, 2.05) is 17.5 Å². The highest BCUT2D eigenvalue weighted by atomic mass is 32.1. The predicted molar refractivity (Wildman–Crippen MR) is 114 cm³/mol. The van der Waals surface area contributed by atoms with Crippen molar-refractivity contribution in [1.82, 2.24) is 15.3 Å². The summed E-state index contributed by atoms with van der Waals surface area (Å²) < 4.78 is 11.4. The van der Waals surface area contributed by atoms with E-state index in [2.05, 4.69) is 20.6 Å². The minimum absolute atomic E-state index is 0.0945. The molecular weight excluding hydrogens is 424 g/mol. The van der Waals surface area contributed by atoms with Gasteiger partial charge in [0, 0.05) is 12.3 Å². The fraction of sp³-hybridized carbons (Fsp3) is 0.200. The van der Waals surface area contributed by atoms with Gasteiger partial charge in [-0.3, -0.25) is 9.59 Å². The number of aromatic nitrogens is 2. The number of thiazole rings is 1. The summed E-state index contributed by atoms with van der Waals surface area (Å²) in [6.45, 7) is 3.56. The van der Waals surface area contributed by atoms with E-state index in [0.717, 1.165) is 4.88 Å². The van der Waals surface area contributed by atoms with Crippen molar-refractivity contribution in [3.05, 3.63) is 52.2 Å². The number of furan rings is 1. The molecule has 0 radical (unpaired) electrons. The number of carbonyl (C=O) groups is 2. The third-order valence-corrected chi connectivity index (χ3v) is 5.74. The van der Waals surface area contributed by atoms with Crippen LogP contribution in [0, 0.1) is 6.92 Å². The number of nitrogens with zero attached hydrogens (tertiary/aromatic N) is 2. The van der Waals surface area contributed by atoms with Crippen molar-refractivity contribution in [3.63, 3.8) is 0 Å². The number of anilines is 1. The Hall–Kier alpha value is -3.24. The molecule has 154 valence electrons. The molecule has 4 heterocycles. The number of nitrogens with one attached hydrogen (secondary N) is 2. The number of oxazole rings is 1. The first-order valence-corrected chi connectivity index (χ1v) is 10.8. The van der Waals surface area contributed by atoms with Crippen LogP contribution in [0.4, 0.5) is 5.13 Å². The summed E-state index contributed by atoms with van der Waals surface area (Å²) in [6, 6.07) is 7.41. The number of amides is 2. The first-order chi connectivity index (χ1) is 14.5. The molecule has 0 atom stereocenters. The number of thiophene rings is 1. The van der Waals surface area contributed by atoms with E-state index in [-0.39, 0.29) is 18.2 Å². The van der Waals surface area contributed by atoms with Gasteiger partial charge < -0.3 is 19.5 Å². The molecule has 4 rings (SSSR count). The summed E-state index contributed by atoms with van der Waals surface area (Å²) in [5.41, 5.74) is 1.21. The smallest absolute Gasteiger partial charge is 0.236 e. The Morgan fingerprint density at radius 2 is 2.00 bits per heavy atom. The molecule has 2 N–H and O–H groups in total. The Kier molecular flexibility index (Phi) is 5.77. The maximum atomic E-state index is 12.4. The average Bonchev–Trinajstić information content (AvgIpc) is 3.48. The SMILES string of the molecule is CC(=O)NCc1ccc(-c2csc(NC(=O)Cc3nc(-c4cccs4)oc3C)n2)o1. The third-order valence-electron chi connectivity index (χ3n) is 4.13. The number of rotatable bonds is 7. The molecule has 8 nitrogen and oxygen atoms in total. The van der Waals surface area contributed by atoms with E-state index in [1.54, 1.807) is 24.4 Å². The van der Waals surface area contributed by atoms with Gasteiger partial charge in [-0.05, 0) is 30.5 Å². The van der Waals surface area contributed by atoms with Crippen molar-refractivity contribution in [2.45, 2.75) is 26.8 Å². The first-order valence-electron chi connectivity index (χ1n) is 9.07. The second-order valence-corrected chi connectivity index (χ2v) is 8.24. The van der Waals surface area contributed by atoms with Gasteiger partial charge in [-0.1, -0.05) is 6.07 Å². The Balaban J connectivity index is 1.38. The molecule has 0 unspecified atom stereocenters. The van der Waals surface area contributed by atoms with Gasteiger partial charge in [0.05, 0.1) is 23.5 Å². The third kappa shape index (κ3) is 4.66. The maximum absolute atomic E-state index is 12.4. The summed E-state index contributed by atoms with van der Waals surface area (Å²) in [5, 5.41) is 9.68. The lowest BCUT2D eigenvalue weighted by molar-refractivity contribution is -0.119. The molecular formula is C20H18N4O4S2. The van der Waals surface area contributed by atoms with E-state index < -0.39 is 0 Å². The lowest BCUT2D eigenvalue weighted by Crippen LogP contribution is -2.18. The molecule has 2 amide bonds. The molecule has 0 aromatic carbocycles. The lowest BCUT2D eigenvalue weighted by Gasteiger charge is -1.99. The van der Waals surface area contributed by atoms with Crippen molar-refractivity contribution in [2.24, 2.45) is 0 Å². The fourth-order valence-corrected chi connectivity index (χ4v) is 4.04. The molecule has 0 bridgehead atoms. The molecule has 0 aliphatic heterocycles. The van der Waals surface area contributed by atoms with E-state index >= 15 is 0 Å². The van der Waals surface area contributed by atoms with Gasteiger partial charge in [0.2, 0.25) is 17.7 Å². The highest BCUT2D eigenvalue weighted by Gasteiger charge is 2.17. The van der Waals surface area contributed by atoms with Crippen LogP contribution >= 0.6 is 22.7 Å². The van der Waals surface area contributed by atoms with Crippen LogP contribution in [0.2, 0.25) is 0 Å². The Morgan fingerprint density at radius 3 is 2.77 bits per heavy atom. The highest BCUT2D eigenvalue weighted by Crippen LogP contribution is 2.28. The topological polar surface area (TPSA) is 110 Å². The molecule has 0 saturated carbocycles. The van der Waals surface area contributed by atoms with Crippen LogP contribution in [0.5, 0.6) is 0 Å². The van der Waals surface area contributed by atoms with Crippen molar-refractivity contribution in [2.75, 3.05) is 5.32 Å². The van der Waals surface area contributed by atoms with E-state index in [9.17, 15) is 9.59 Å². The van der Waals surface area contributed by atoms with Crippen molar-refractivity contribution in [1.29, 1.82) is 0 Å². The number of hydrogen-bond acceptors (Lipinski definition) is 8. The standard InChI is InChI=1S/C20H18N4O4S2/c1-11-14(22-19(27-11)17-4-3-7-29-17)8-18(26)24-20-23-15(10-30-20)16-6-5-13(28-16)9-21-12(2)25/h3-7,10H,8-9H2,1-2H3,(H,21,25)(H,23,24,26). The van der Waals surface area contributed by atoms with E-state index in [4.69, 9.17) is 8.83 Å². The zero-order chi connectivity index (χ0) is 21.1. The summed E-state index contributed by atoms with van der Waals surface area (Å²) in [5.74, 6) is 1.99. The molecule has 4 aromatic heterocycles. The van der Waals surface area contributed by atoms with Gasteiger partial charge in [0.15, 0.2) is 10.9 Å². The fourth-order valence-electron chi connectivity index (χ4n) is 2.68. The van der Waals surface area contributed by atoms with Gasteiger partial charge in [-0.2, -0.15) is 0 Å². The van der Waals surface area contributed by atoms with Crippen LogP contribution in [0.15, 0.2) is 43.9 Å². The Labute approximate surface area is 180 Å². The zero-order valence-electron chi connectivity index (χ0n) is 16.2. The van der Waals surface area contributed by atoms with Crippen molar-refractivity contribution < 1.29 is 18.4 Å². The quantitative estimate of drug-likeness (QED) is 0.443. The molecule has 4 aromatic rings. The molecule has 0 saturated heterocycles. The minimum Gasteiger partial charge on any atom is -0.458 e. The molecule has 0 aliphatic carbocycles. The second kappa shape index (κ2) is 8.64. The average molecular weight is 443 g/mol. The number of hydrogen-bond donors (Lipinski definition) is 2. The normalized spacial score (nSPS) is 10.9. The predicted octanol–water partition coefficient (Wildman–Crippen LogP) is 4.25. The van der Waals surface area contributed by atoms with Gasteiger partial charge in [0.25, 0.3) is 0 Å². The summed E-state index contributed by atoms with van der Waals surface area (Å²) in [6.07, 6.45) is 0.0945. The van der Waals surface area contributed by atoms with Gasteiger partial charge in [-0.15, -0.1) is 22.7 Å². The molecule has 10 heteroatoms.